The lowest BCUT2D eigenvalue weighted by Gasteiger charge is -2.30. The van der Waals surface area contributed by atoms with Crippen LogP contribution >= 0.6 is 0 Å². The Labute approximate surface area is 80.8 Å². The normalized spacial score (nSPS) is 30.8. The third kappa shape index (κ3) is 2.95. The van der Waals surface area contributed by atoms with E-state index in [1.54, 1.807) is 0 Å². The summed E-state index contributed by atoms with van der Waals surface area (Å²) in [6, 6.07) is 0. The van der Waals surface area contributed by atoms with E-state index < -0.39 is 9.84 Å². The molecule has 4 heteroatoms. The Hall–Kier alpha value is -0.0900. The predicted molar refractivity (Wildman–Crippen MR) is 54.2 cm³/mol. The lowest BCUT2D eigenvalue weighted by Crippen LogP contribution is -2.44. The summed E-state index contributed by atoms with van der Waals surface area (Å²) in [4.78, 5) is 0. The van der Waals surface area contributed by atoms with Crippen LogP contribution < -0.4 is 5.32 Å². The van der Waals surface area contributed by atoms with Gasteiger partial charge in [-0.2, -0.15) is 0 Å². The summed E-state index contributed by atoms with van der Waals surface area (Å²) in [6.45, 7) is 5.22. The molecule has 0 radical (unpaired) electrons. The summed E-state index contributed by atoms with van der Waals surface area (Å²) in [7, 11) is -2.89. The Morgan fingerprint density at radius 3 is 2.23 bits per heavy atom. The molecule has 1 rings (SSSR count). The first-order valence-electron chi connectivity index (χ1n) is 4.83. The van der Waals surface area contributed by atoms with E-state index in [2.05, 4.69) is 19.2 Å². The summed E-state index contributed by atoms with van der Waals surface area (Å²) in [5.41, 5.74) is 0. The first-order valence-corrected chi connectivity index (χ1v) is 6.79. The van der Waals surface area contributed by atoms with Crippen molar-refractivity contribution >= 4 is 9.84 Å². The quantitative estimate of drug-likeness (QED) is 0.732. The third-order valence-corrected chi connectivity index (χ3v) is 4.30. The monoisotopic (exact) mass is 205 g/mol. The van der Waals surface area contributed by atoms with E-state index in [-0.39, 0.29) is 5.37 Å². The van der Waals surface area contributed by atoms with Crippen molar-refractivity contribution < 1.29 is 8.42 Å². The Morgan fingerprint density at radius 2 is 1.92 bits per heavy atom. The van der Waals surface area contributed by atoms with Crippen LogP contribution in [0.25, 0.3) is 0 Å². The highest BCUT2D eigenvalue weighted by atomic mass is 32.2. The van der Waals surface area contributed by atoms with Crippen molar-refractivity contribution in [3.63, 3.8) is 0 Å². The largest absolute Gasteiger partial charge is 0.301 e. The van der Waals surface area contributed by atoms with Gasteiger partial charge in [-0.25, -0.2) is 8.42 Å². The maximum absolute atomic E-state index is 11.2. The molecule has 0 aromatic rings. The van der Waals surface area contributed by atoms with Gasteiger partial charge in [0.05, 0.1) is 0 Å². The topological polar surface area (TPSA) is 46.2 Å². The Balaban J connectivity index is 2.49. The highest BCUT2D eigenvalue weighted by Gasteiger charge is 2.28. The van der Waals surface area contributed by atoms with Gasteiger partial charge in [-0.15, -0.1) is 0 Å². The van der Waals surface area contributed by atoms with Gasteiger partial charge in [-0.3, -0.25) is 0 Å². The van der Waals surface area contributed by atoms with Crippen LogP contribution in [-0.2, 0) is 9.84 Å². The van der Waals surface area contributed by atoms with Gasteiger partial charge >= 0.3 is 0 Å². The van der Waals surface area contributed by atoms with Gasteiger partial charge in [0, 0.05) is 6.26 Å². The van der Waals surface area contributed by atoms with Crippen molar-refractivity contribution in [3.8, 4) is 0 Å². The van der Waals surface area contributed by atoms with Crippen LogP contribution in [0.3, 0.4) is 0 Å². The smallest absolute Gasteiger partial charge is 0.163 e. The fourth-order valence-electron chi connectivity index (χ4n) is 1.79. The fraction of sp³-hybridized carbons (Fsp3) is 1.00. The average molecular weight is 205 g/mol. The number of hydrogen-bond acceptors (Lipinski definition) is 3. The van der Waals surface area contributed by atoms with Gasteiger partial charge in [0.1, 0.15) is 5.37 Å². The summed E-state index contributed by atoms with van der Waals surface area (Å²) < 4.78 is 22.4. The van der Waals surface area contributed by atoms with Gasteiger partial charge < -0.3 is 5.32 Å². The molecule has 0 amide bonds. The van der Waals surface area contributed by atoms with Gasteiger partial charge in [0.2, 0.25) is 0 Å². The van der Waals surface area contributed by atoms with E-state index in [1.807, 2.05) is 0 Å². The first-order chi connectivity index (χ1) is 5.91. The second kappa shape index (κ2) is 3.96. The van der Waals surface area contributed by atoms with Crippen LogP contribution in [-0.4, -0.2) is 26.6 Å². The maximum atomic E-state index is 11.2. The molecular weight excluding hydrogens is 186 g/mol. The number of nitrogens with one attached hydrogen (secondary N) is 1. The minimum atomic E-state index is -2.89. The van der Waals surface area contributed by atoms with Crippen molar-refractivity contribution in [1.82, 2.24) is 5.32 Å². The molecule has 0 spiro atoms. The lowest BCUT2D eigenvalue weighted by molar-refractivity contribution is 0.282. The van der Waals surface area contributed by atoms with Crippen molar-refractivity contribution in [2.45, 2.75) is 32.1 Å². The highest BCUT2D eigenvalue weighted by molar-refractivity contribution is 7.91. The summed E-state index contributed by atoms with van der Waals surface area (Å²) in [5.74, 6) is 1.28. The van der Waals surface area contributed by atoms with Crippen molar-refractivity contribution in [3.05, 3.63) is 0 Å². The van der Waals surface area contributed by atoms with E-state index in [9.17, 15) is 8.42 Å². The minimum absolute atomic E-state index is 0.303. The lowest BCUT2D eigenvalue weighted by atomic mass is 9.89. The van der Waals surface area contributed by atoms with E-state index in [0.717, 1.165) is 19.4 Å². The molecule has 0 aromatic carbocycles. The van der Waals surface area contributed by atoms with Crippen molar-refractivity contribution in [2.75, 3.05) is 12.8 Å². The average Bonchev–Trinajstić information content (AvgIpc) is 2.03. The molecule has 0 saturated carbocycles. The second-order valence-electron chi connectivity index (χ2n) is 4.31. The van der Waals surface area contributed by atoms with Crippen LogP contribution in [0.1, 0.15) is 26.7 Å². The van der Waals surface area contributed by atoms with E-state index in [0.29, 0.717) is 11.8 Å². The molecular formula is C9H19NO2S. The molecule has 1 fully saturated rings. The van der Waals surface area contributed by atoms with Gasteiger partial charge in [-0.05, 0) is 31.2 Å². The first kappa shape index (κ1) is 11.0. The summed E-state index contributed by atoms with van der Waals surface area (Å²) >= 11 is 0. The minimum Gasteiger partial charge on any atom is -0.301 e. The van der Waals surface area contributed by atoms with Crippen molar-refractivity contribution in [1.29, 1.82) is 0 Å². The van der Waals surface area contributed by atoms with E-state index in [1.165, 1.54) is 6.26 Å². The fourth-order valence-corrected chi connectivity index (χ4v) is 2.75. The van der Waals surface area contributed by atoms with E-state index in [4.69, 9.17) is 0 Å². The van der Waals surface area contributed by atoms with Crippen molar-refractivity contribution in [2.24, 2.45) is 11.8 Å². The second-order valence-corrected chi connectivity index (χ2v) is 6.54. The molecule has 1 saturated heterocycles. The van der Waals surface area contributed by atoms with Crippen LogP contribution in [0.4, 0.5) is 0 Å². The molecule has 2 unspecified atom stereocenters. The molecule has 0 aliphatic carbocycles. The molecule has 0 aromatic heterocycles. The standard InChI is InChI=1S/C9H19NO2S/c1-7(2)8-4-5-9(10-6-8)13(3,11)12/h7-10H,4-6H2,1-3H3. The molecule has 13 heavy (non-hydrogen) atoms. The Kier molecular flexibility index (Phi) is 3.35. The Morgan fingerprint density at radius 1 is 1.31 bits per heavy atom. The zero-order chi connectivity index (χ0) is 10.1. The molecule has 1 N–H and O–H groups in total. The van der Waals surface area contributed by atoms with Crippen LogP contribution in [0.5, 0.6) is 0 Å². The summed E-state index contributed by atoms with van der Waals surface area (Å²) in [6.07, 6.45) is 3.10. The molecule has 1 aliphatic rings. The molecule has 3 nitrogen and oxygen atoms in total. The number of piperidine rings is 1. The summed E-state index contributed by atoms with van der Waals surface area (Å²) in [5, 5.41) is 2.80. The van der Waals surface area contributed by atoms with Gasteiger partial charge in [0.15, 0.2) is 9.84 Å². The van der Waals surface area contributed by atoms with Gasteiger partial charge in [0.25, 0.3) is 0 Å². The molecule has 2 atom stereocenters. The number of rotatable bonds is 2. The third-order valence-electron chi connectivity index (χ3n) is 2.87. The number of sulfone groups is 1. The SMILES string of the molecule is CC(C)C1CCC(S(C)(=O)=O)NC1. The molecule has 1 aliphatic heterocycles. The molecule has 0 bridgehead atoms. The van der Waals surface area contributed by atoms with E-state index >= 15 is 0 Å². The van der Waals surface area contributed by atoms with Crippen LogP contribution in [0.2, 0.25) is 0 Å². The van der Waals surface area contributed by atoms with Gasteiger partial charge in [-0.1, -0.05) is 13.8 Å². The highest BCUT2D eigenvalue weighted by Crippen LogP contribution is 2.23. The van der Waals surface area contributed by atoms with Crippen LogP contribution in [0.15, 0.2) is 0 Å². The van der Waals surface area contributed by atoms with Crippen LogP contribution in [0, 0.1) is 11.8 Å². The predicted octanol–water partition coefficient (Wildman–Crippen LogP) is 1.01. The zero-order valence-corrected chi connectivity index (χ0v) is 9.39. The number of hydrogen-bond donors (Lipinski definition) is 1. The zero-order valence-electron chi connectivity index (χ0n) is 8.58. The molecule has 78 valence electrons. The maximum Gasteiger partial charge on any atom is 0.163 e. The molecule has 1 heterocycles. The Bertz CT molecular complexity index is 251.